The third-order valence-corrected chi connectivity index (χ3v) is 3.95. The lowest BCUT2D eigenvalue weighted by atomic mass is 10.1. The highest BCUT2D eigenvalue weighted by Gasteiger charge is 2.08. The lowest BCUT2D eigenvalue weighted by Gasteiger charge is -2.17. The van der Waals surface area contributed by atoms with E-state index >= 15 is 0 Å². The Hall–Kier alpha value is -2.40. The highest BCUT2D eigenvalue weighted by molar-refractivity contribution is 5.77. The van der Waals surface area contributed by atoms with Gasteiger partial charge in [-0.25, -0.2) is 0 Å². The highest BCUT2D eigenvalue weighted by Crippen LogP contribution is 2.17. The molecular weight excluding hydrogens is 302 g/mol. The van der Waals surface area contributed by atoms with Crippen LogP contribution in [0.5, 0.6) is 5.75 Å². The molecule has 1 heterocycles. The maximum absolute atomic E-state index is 12.1. The van der Waals surface area contributed by atoms with Crippen LogP contribution in [0.4, 0.5) is 0 Å². The Bertz CT molecular complexity index is 632. The van der Waals surface area contributed by atoms with Crippen molar-refractivity contribution in [2.45, 2.75) is 12.8 Å². The molecule has 0 unspecified atom stereocenters. The van der Waals surface area contributed by atoms with Crippen LogP contribution in [-0.2, 0) is 17.6 Å². The molecule has 128 valence electrons. The van der Waals surface area contributed by atoms with Crippen LogP contribution in [-0.4, -0.2) is 49.6 Å². The van der Waals surface area contributed by atoms with Gasteiger partial charge in [0, 0.05) is 26.0 Å². The van der Waals surface area contributed by atoms with Crippen LogP contribution in [0.15, 0.2) is 48.8 Å². The quantitative estimate of drug-likeness (QED) is 0.715. The predicted octanol–water partition coefficient (Wildman–Crippen LogP) is 1.92. The molecule has 5 heteroatoms. The van der Waals surface area contributed by atoms with E-state index in [-0.39, 0.29) is 5.91 Å². The number of amides is 1. The molecule has 0 atom stereocenters. The molecule has 1 amide bonds. The molecule has 1 aromatic heterocycles. The fourth-order valence-electron chi connectivity index (χ4n) is 2.43. The normalized spacial score (nSPS) is 10.4. The summed E-state index contributed by atoms with van der Waals surface area (Å²) in [7, 11) is 3.51. The number of methoxy groups -OCH3 is 1. The van der Waals surface area contributed by atoms with Crippen LogP contribution in [0.2, 0.25) is 0 Å². The summed E-state index contributed by atoms with van der Waals surface area (Å²) < 4.78 is 5.33. The summed E-state index contributed by atoms with van der Waals surface area (Å²) in [6, 6.07) is 11.9. The van der Waals surface area contributed by atoms with Gasteiger partial charge in [-0.3, -0.25) is 9.78 Å². The molecule has 0 bridgehead atoms. The standard InChI is InChI=1S/C19H25N3O2/c1-22(14-10-16-7-11-20-12-8-16)19(23)15-21-13-9-17-5-3-4-6-18(17)24-2/h3-8,11-12,21H,9-10,13-15H2,1-2H3. The number of para-hydroxylation sites is 1. The summed E-state index contributed by atoms with van der Waals surface area (Å²) in [5.74, 6) is 0.990. The van der Waals surface area contributed by atoms with Crippen molar-refractivity contribution in [3.05, 3.63) is 59.9 Å². The van der Waals surface area contributed by atoms with Crippen LogP contribution in [0.1, 0.15) is 11.1 Å². The summed E-state index contributed by atoms with van der Waals surface area (Å²) in [6.07, 6.45) is 5.22. The molecule has 0 aliphatic rings. The Morgan fingerprint density at radius 2 is 1.92 bits per heavy atom. The average molecular weight is 327 g/mol. The third kappa shape index (κ3) is 5.66. The topological polar surface area (TPSA) is 54.5 Å². The van der Waals surface area contributed by atoms with Crippen LogP contribution in [0, 0.1) is 0 Å². The second kappa shape index (κ2) is 9.67. The maximum Gasteiger partial charge on any atom is 0.236 e. The lowest BCUT2D eigenvalue weighted by molar-refractivity contribution is -0.128. The molecule has 1 aromatic carbocycles. The number of carbonyl (C=O) groups excluding carboxylic acids is 1. The van der Waals surface area contributed by atoms with Gasteiger partial charge in [0.25, 0.3) is 0 Å². The molecule has 0 fully saturated rings. The minimum absolute atomic E-state index is 0.101. The number of hydrogen-bond acceptors (Lipinski definition) is 4. The van der Waals surface area contributed by atoms with E-state index in [4.69, 9.17) is 4.74 Å². The molecule has 5 nitrogen and oxygen atoms in total. The van der Waals surface area contributed by atoms with Crippen LogP contribution in [0.25, 0.3) is 0 Å². The van der Waals surface area contributed by atoms with E-state index in [1.54, 1.807) is 24.4 Å². The smallest absolute Gasteiger partial charge is 0.236 e. The van der Waals surface area contributed by atoms with E-state index < -0.39 is 0 Å². The zero-order valence-corrected chi connectivity index (χ0v) is 14.4. The molecule has 0 saturated carbocycles. The first-order valence-electron chi connectivity index (χ1n) is 8.16. The van der Waals surface area contributed by atoms with Gasteiger partial charge >= 0.3 is 0 Å². The maximum atomic E-state index is 12.1. The number of benzene rings is 1. The number of pyridine rings is 1. The Labute approximate surface area is 143 Å². The summed E-state index contributed by atoms with van der Waals surface area (Å²) in [5, 5.41) is 3.21. The molecule has 1 N–H and O–H groups in total. The number of nitrogens with one attached hydrogen (secondary N) is 1. The van der Waals surface area contributed by atoms with Crippen molar-refractivity contribution >= 4 is 5.91 Å². The number of likely N-dealkylation sites (N-methyl/N-ethyl adjacent to an activating group) is 1. The molecule has 2 aromatic rings. The lowest BCUT2D eigenvalue weighted by Crippen LogP contribution is -2.37. The van der Waals surface area contributed by atoms with Crippen LogP contribution >= 0.6 is 0 Å². The molecule has 0 aliphatic carbocycles. The van der Waals surface area contributed by atoms with Crippen molar-refractivity contribution in [1.29, 1.82) is 0 Å². The van der Waals surface area contributed by atoms with Crippen LogP contribution < -0.4 is 10.1 Å². The predicted molar refractivity (Wildman–Crippen MR) is 95.1 cm³/mol. The summed E-state index contributed by atoms with van der Waals surface area (Å²) >= 11 is 0. The van der Waals surface area contributed by atoms with Gasteiger partial charge in [-0.05, 0) is 48.7 Å². The van der Waals surface area contributed by atoms with E-state index in [1.807, 2.05) is 43.4 Å². The highest BCUT2D eigenvalue weighted by atomic mass is 16.5. The number of rotatable bonds is 9. The largest absolute Gasteiger partial charge is 0.496 e. The molecular formula is C19H25N3O2. The molecule has 0 saturated heterocycles. The summed E-state index contributed by atoms with van der Waals surface area (Å²) in [6.45, 7) is 1.79. The van der Waals surface area contributed by atoms with Crippen molar-refractivity contribution in [1.82, 2.24) is 15.2 Å². The van der Waals surface area contributed by atoms with E-state index in [2.05, 4.69) is 10.3 Å². The number of nitrogens with zero attached hydrogens (tertiary/aromatic N) is 2. The Balaban J connectivity index is 1.67. The minimum atomic E-state index is 0.101. The van der Waals surface area contributed by atoms with Gasteiger partial charge in [-0.15, -0.1) is 0 Å². The van der Waals surface area contributed by atoms with Crippen molar-refractivity contribution in [3.8, 4) is 5.75 Å². The molecule has 0 aliphatic heterocycles. The van der Waals surface area contributed by atoms with Gasteiger partial charge in [-0.1, -0.05) is 18.2 Å². The van der Waals surface area contributed by atoms with Gasteiger partial charge in [-0.2, -0.15) is 0 Å². The molecule has 24 heavy (non-hydrogen) atoms. The van der Waals surface area contributed by atoms with Gasteiger partial charge in [0.15, 0.2) is 0 Å². The van der Waals surface area contributed by atoms with Gasteiger partial charge in [0.05, 0.1) is 13.7 Å². The van der Waals surface area contributed by atoms with Crippen LogP contribution in [0.3, 0.4) is 0 Å². The van der Waals surface area contributed by atoms with E-state index in [1.165, 1.54) is 5.56 Å². The summed E-state index contributed by atoms with van der Waals surface area (Å²) in [4.78, 5) is 17.9. The Kier molecular flexibility index (Phi) is 7.23. The Morgan fingerprint density at radius 3 is 2.67 bits per heavy atom. The molecule has 0 spiro atoms. The molecule has 0 radical (unpaired) electrons. The third-order valence-electron chi connectivity index (χ3n) is 3.95. The Morgan fingerprint density at radius 1 is 1.17 bits per heavy atom. The number of ether oxygens (including phenoxy) is 1. The average Bonchev–Trinajstić information content (AvgIpc) is 2.64. The number of aromatic nitrogens is 1. The zero-order valence-electron chi connectivity index (χ0n) is 14.4. The fourth-order valence-corrected chi connectivity index (χ4v) is 2.43. The van der Waals surface area contributed by atoms with E-state index in [9.17, 15) is 4.79 Å². The van der Waals surface area contributed by atoms with Gasteiger partial charge in [0.2, 0.25) is 5.91 Å². The first kappa shape index (κ1) is 17.9. The van der Waals surface area contributed by atoms with E-state index in [0.29, 0.717) is 13.1 Å². The second-order valence-corrected chi connectivity index (χ2v) is 5.66. The zero-order chi connectivity index (χ0) is 17.2. The SMILES string of the molecule is COc1ccccc1CCNCC(=O)N(C)CCc1ccncc1. The summed E-state index contributed by atoms with van der Waals surface area (Å²) in [5.41, 5.74) is 2.33. The molecule has 2 rings (SSSR count). The van der Waals surface area contributed by atoms with E-state index in [0.717, 1.165) is 30.7 Å². The van der Waals surface area contributed by atoms with Crippen molar-refractivity contribution < 1.29 is 9.53 Å². The minimum Gasteiger partial charge on any atom is -0.496 e. The first-order chi connectivity index (χ1) is 11.7. The van der Waals surface area contributed by atoms with Gasteiger partial charge < -0.3 is 15.0 Å². The van der Waals surface area contributed by atoms with Crippen molar-refractivity contribution in [3.63, 3.8) is 0 Å². The first-order valence-corrected chi connectivity index (χ1v) is 8.16. The monoisotopic (exact) mass is 327 g/mol. The van der Waals surface area contributed by atoms with Gasteiger partial charge in [0.1, 0.15) is 5.75 Å². The fraction of sp³-hybridized carbons (Fsp3) is 0.368. The number of carbonyl (C=O) groups is 1. The second-order valence-electron chi connectivity index (χ2n) is 5.66. The number of hydrogen-bond donors (Lipinski definition) is 1. The van der Waals surface area contributed by atoms with Crippen molar-refractivity contribution in [2.24, 2.45) is 0 Å². The van der Waals surface area contributed by atoms with Crippen molar-refractivity contribution in [2.75, 3.05) is 33.8 Å².